The fraction of sp³-hybridized carbons (Fsp3) is 0.857. The van der Waals surface area contributed by atoms with E-state index in [4.69, 9.17) is 15.6 Å². The van der Waals surface area contributed by atoms with Crippen LogP contribution in [0.25, 0.3) is 0 Å². The van der Waals surface area contributed by atoms with Crippen molar-refractivity contribution in [2.45, 2.75) is 44.6 Å². The lowest BCUT2D eigenvalue weighted by Gasteiger charge is -2.39. The van der Waals surface area contributed by atoms with Gasteiger partial charge in [0.2, 0.25) is 5.91 Å². The second kappa shape index (κ2) is 6.54. The second-order valence-corrected chi connectivity index (χ2v) is 5.85. The van der Waals surface area contributed by atoms with Crippen LogP contribution >= 0.6 is 0 Å². The Morgan fingerprint density at radius 1 is 1.25 bits per heavy atom. The third-order valence-electron chi connectivity index (χ3n) is 4.53. The van der Waals surface area contributed by atoms with Gasteiger partial charge in [-0.05, 0) is 12.8 Å². The van der Waals surface area contributed by atoms with Crippen molar-refractivity contribution in [3.63, 3.8) is 0 Å². The molecule has 1 heterocycles. The molecule has 1 saturated heterocycles. The van der Waals surface area contributed by atoms with Crippen LogP contribution in [0.2, 0.25) is 0 Å². The predicted octanol–water partition coefficient (Wildman–Crippen LogP) is 0.598. The van der Waals surface area contributed by atoms with Crippen LogP contribution in [0.15, 0.2) is 0 Å². The molecule has 114 valence electrons. The van der Waals surface area contributed by atoms with E-state index in [0.29, 0.717) is 13.1 Å². The molecule has 0 aromatic heterocycles. The number of hydrogen-bond donors (Lipinski definition) is 2. The van der Waals surface area contributed by atoms with Gasteiger partial charge in [0.15, 0.2) is 6.10 Å². The smallest absolute Gasteiger partial charge is 0.334 e. The average Bonchev–Trinajstić information content (AvgIpc) is 2.73. The predicted molar refractivity (Wildman–Crippen MR) is 73.1 cm³/mol. The molecule has 0 aromatic carbocycles. The first-order valence-corrected chi connectivity index (χ1v) is 7.43. The number of carbonyl (C=O) groups excluding carboxylic acids is 1. The Balaban J connectivity index is 2.09. The highest BCUT2D eigenvalue weighted by molar-refractivity contribution is 5.84. The van der Waals surface area contributed by atoms with Crippen molar-refractivity contribution >= 4 is 11.9 Å². The van der Waals surface area contributed by atoms with Crippen molar-refractivity contribution < 1.29 is 19.4 Å². The maximum atomic E-state index is 12.8. The van der Waals surface area contributed by atoms with Crippen LogP contribution in [0.4, 0.5) is 0 Å². The van der Waals surface area contributed by atoms with Crippen LogP contribution in [-0.4, -0.2) is 54.2 Å². The fourth-order valence-corrected chi connectivity index (χ4v) is 3.23. The van der Waals surface area contributed by atoms with Crippen LogP contribution < -0.4 is 5.73 Å². The number of nitrogens with two attached hydrogens (primary N) is 1. The molecule has 1 atom stereocenters. The molecule has 1 amide bonds. The summed E-state index contributed by atoms with van der Waals surface area (Å²) in [7, 11) is 0. The molecule has 2 fully saturated rings. The summed E-state index contributed by atoms with van der Waals surface area (Å²) in [6, 6.07) is 0. The zero-order valence-corrected chi connectivity index (χ0v) is 11.8. The minimum atomic E-state index is -1.01. The molecule has 2 rings (SSSR count). The number of rotatable bonds is 3. The second-order valence-electron chi connectivity index (χ2n) is 5.85. The number of carboxylic acids is 1. The monoisotopic (exact) mass is 284 g/mol. The Hall–Kier alpha value is -1.14. The van der Waals surface area contributed by atoms with Crippen molar-refractivity contribution in [1.82, 2.24) is 4.90 Å². The van der Waals surface area contributed by atoms with E-state index >= 15 is 0 Å². The number of morpholine rings is 1. The lowest BCUT2D eigenvalue weighted by Crippen LogP contribution is -2.55. The summed E-state index contributed by atoms with van der Waals surface area (Å²) in [4.78, 5) is 25.5. The van der Waals surface area contributed by atoms with E-state index in [1.54, 1.807) is 4.90 Å². The van der Waals surface area contributed by atoms with Gasteiger partial charge < -0.3 is 20.5 Å². The molecule has 1 saturated carbocycles. The Labute approximate surface area is 119 Å². The zero-order valence-electron chi connectivity index (χ0n) is 11.8. The van der Waals surface area contributed by atoms with Gasteiger partial charge in [0.25, 0.3) is 0 Å². The quantitative estimate of drug-likeness (QED) is 0.740. The molecule has 2 aliphatic rings. The molecule has 1 aliphatic carbocycles. The summed E-state index contributed by atoms with van der Waals surface area (Å²) in [6.07, 6.45) is 5.07. The topological polar surface area (TPSA) is 92.9 Å². The first kappa shape index (κ1) is 15.3. The summed E-state index contributed by atoms with van der Waals surface area (Å²) >= 11 is 0. The van der Waals surface area contributed by atoms with Crippen molar-refractivity contribution in [2.24, 2.45) is 11.1 Å². The Morgan fingerprint density at radius 2 is 1.90 bits per heavy atom. The highest BCUT2D eigenvalue weighted by Crippen LogP contribution is 2.36. The van der Waals surface area contributed by atoms with Crippen molar-refractivity contribution in [2.75, 3.05) is 26.2 Å². The van der Waals surface area contributed by atoms with Crippen LogP contribution in [0.5, 0.6) is 0 Å². The zero-order chi connectivity index (χ0) is 14.6. The van der Waals surface area contributed by atoms with Crippen molar-refractivity contribution in [3.8, 4) is 0 Å². The number of nitrogens with zero attached hydrogens (tertiary/aromatic N) is 1. The normalized spacial score (nSPS) is 26.9. The molecule has 1 unspecified atom stereocenters. The molecule has 3 N–H and O–H groups in total. The van der Waals surface area contributed by atoms with Crippen molar-refractivity contribution in [3.05, 3.63) is 0 Å². The Bertz CT molecular complexity index is 364. The summed E-state index contributed by atoms with van der Waals surface area (Å²) in [5.41, 5.74) is 5.43. The van der Waals surface area contributed by atoms with E-state index in [9.17, 15) is 9.59 Å². The third-order valence-corrected chi connectivity index (χ3v) is 4.53. The van der Waals surface area contributed by atoms with Crippen LogP contribution in [0, 0.1) is 5.41 Å². The SMILES string of the molecule is NCC1(C(=O)N2CCOC(C(=O)O)C2)CCCCCC1. The van der Waals surface area contributed by atoms with E-state index in [1.165, 1.54) is 0 Å². The maximum absolute atomic E-state index is 12.8. The largest absolute Gasteiger partial charge is 0.479 e. The molecular formula is C14H24N2O4. The number of aliphatic carboxylic acids is 1. The van der Waals surface area contributed by atoms with E-state index in [0.717, 1.165) is 38.5 Å². The van der Waals surface area contributed by atoms with E-state index < -0.39 is 17.5 Å². The highest BCUT2D eigenvalue weighted by Gasteiger charge is 2.42. The van der Waals surface area contributed by atoms with Gasteiger partial charge in [-0.2, -0.15) is 0 Å². The van der Waals surface area contributed by atoms with Gasteiger partial charge in [-0.3, -0.25) is 4.79 Å². The lowest BCUT2D eigenvalue weighted by molar-refractivity contribution is -0.163. The summed E-state index contributed by atoms with van der Waals surface area (Å²) in [5.74, 6) is -0.985. The molecule has 6 heteroatoms. The van der Waals surface area contributed by atoms with E-state index in [2.05, 4.69) is 0 Å². The molecule has 0 aromatic rings. The number of amides is 1. The molecular weight excluding hydrogens is 260 g/mol. The molecule has 20 heavy (non-hydrogen) atoms. The van der Waals surface area contributed by atoms with Gasteiger partial charge in [-0.15, -0.1) is 0 Å². The minimum Gasteiger partial charge on any atom is -0.479 e. The average molecular weight is 284 g/mol. The number of carboxylic acid groups (broad SMARTS) is 1. The first-order valence-electron chi connectivity index (χ1n) is 7.43. The maximum Gasteiger partial charge on any atom is 0.334 e. The van der Waals surface area contributed by atoms with Crippen LogP contribution in [0.3, 0.4) is 0 Å². The minimum absolute atomic E-state index is 0.0245. The van der Waals surface area contributed by atoms with Gasteiger partial charge in [0.1, 0.15) is 0 Å². The van der Waals surface area contributed by atoms with Gasteiger partial charge in [0.05, 0.1) is 18.6 Å². The number of hydrogen-bond acceptors (Lipinski definition) is 4. The first-order chi connectivity index (χ1) is 9.59. The number of carbonyl (C=O) groups is 2. The van der Waals surface area contributed by atoms with Crippen LogP contribution in [0.1, 0.15) is 38.5 Å². The summed E-state index contributed by atoms with van der Waals surface area (Å²) < 4.78 is 5.17. The van der Waals surface area contributed by atoms with Crippen LogP contribution in [-0.2, 0) is 14.3 Å². The summed E-state index contributed by atoms with van der Waals surface area (Å²) in [6.45, 7) is 1.23. The molecule has 0 spiro atoms. The number of ether oxygens (including phenoxy) is 1. The van der Waals surface area contributed by atoms with Gasteiger partial charge >= 0.3 is 5.97 Å². The molecule has 0 radical (unpaired) electrons. The Morgan fingerprint density at radius 3 is 2.45 bits per heavy atom. The van der Waals surface area contributed by atoms with E-state index in [1.807, 2.05) is 0 Å². The summed E-state index contributed by atoms with van der Waals surface area (Å²) in [5, 5.41) is 9.03. The van der Waals surface area contributed by atoms with E-state index in [-0.39, 0.29) is 19.1 Å². The third kappa shape index (κ3) is 3.12. The van der Waals surface area contributed by atoms with Gasteiger partial charge in [0, 0.05) is 13.1 Å². The fourth-order valence-electron chi connectivity index (χ4n) is 3.23. The van der Waals surface area contributed by atoms with Gasteiger partial charge in [-0.1, -0.05) is 25.7 Å². The standard InChI is InChI=1S/C14H24N2O4/c15-10-14(5-3-1-2-4-6-14)13(19)16-7-8-20-11(9-16)12(17)18/h11H,1-10,15H2,(H,17,18). The molecule has 0 bridgehead atoms. The lowest BCUT2D eigenvalue weighted by atomic mass is 9.79. The van der Waals surface area contributed by atoms with Gasteiger partial charge in [-0.25, -0.2) is 4.79 Å². The highest BCUT2D eigenvalue weighted by atomic mass is 16.5. The molecule has 1 aliphatic heterocycles. The Kier molecular flexibility index (Phi) is 4.99. The molecule has 6 nitrogen and oxygen atoms in total. The van der Waals surface area contributed by atoms with Crippen molar-refractivity contribution in [1.29, 1.82) is 0 Å².